The Bertz CT molecular complexity index is 554. The van der Waals surface area contributed by atoms with E-state index >= 15 is 0 Å². The van der Waals surface area contributed by atoms with E-state index in [0.717, 1.165) is 30.6 Å². The molecular formula is C18H23FN2. The molecule has 0 saturated heterocycles. The van der Waals surface area contributed by atoms with E-state index in [1.165, 1.54) is 5.56 Å². The maximum absolute atomic E-state index is 13.9. The zero-order valence-corrected chi connectivity index (χ0v) is 12.6. The summed E-state index contributed by atoms with van der Waals surface area (Å²) in [5.41, 5.74) is 8.70. The van der Waals surface area contributed by atoms with Gasteiger partial charge in [-0.3, -0.25) is 4.90 Å². The summed E-state index contributed by atoms with van der Waals surface area (Å²) >= 11 is 0. The van der Waals surface area contributed by atoms with Crippen LogP contribution in [0.25, 0.3) is 0 Å². The standard InChI is InChI=1S/C18H23FN2/c1-15-8-9-18(19)17(12-15)14-21(11-5-10-20)13-16-6-3-2-4-7-16/h2-4,6-9,12H,5,10-11,13-14,20H2,1H3. The normalized spacial score (nSPS) is 11.0. The number of benzene rings is 2. The van der Waals surface area contributed by atoms with Crippen molar-refractivity contribution in [2.45, 2.75) is 26.4 Å². The van der Waals surface area contributed by atoms with Crippen molar-refractivity contribution in [2.75, 3.05) is 13.1 Å². The molecule has 0 fully saturated rings. The summed E-state index contributed by atoms with van der Waals surface area (Å²) in [4.78, 5) is 2.25. The fourth-order valence-corrected chi connectivity index (χ4v) is 2.44. The van der Waals surface area contributed by atoms with Gasteiger partial charge in [0.2, 0.25) is 0 Å². The first-order valence-corrected chi connectivity index (χ1v) is 7.40. The maximum Gasteiger partial charge on any atom is 0.127 e. The molecule has 0 amide bonds. The van der Waals surface area contributed by atoms with Gasteiger partial charge in [-0.25, -0.2) is 4.39 Å². The summed E-state index contributed by atoms with van der Waals surface area (Å²) in [5, 5.41) is 0. The molecule has 2 nitrogen and oxygen atoms in total. The van der Waals surface area contributed by atoms with Crippen molar-refractivity contribution in [3.63, 3.8) is 0 Å². The van der Waals surface area contributed by atoms with Crippen LogP contribution in [0.15, 0.2) is 48.5 Å². The highest BCUT2D eigenvalue weighted by molar-refractivity contribution is 5.24. The van der Waals surface area contributed by atoms with Gasteiger partial charge >= 0.3 is 0 Å². The molecule has 0 bridgehead atoms. The van der Waals surface area contributed by atoms with Gasteiger partial charge in [-0.05, 0) is 31.5 Å². The van der Waals surface area contributed by atoms with Crippen LogP contribution in [0.1, 0.15) is 23.1 Å². The summed E-state index contributed by atoms with van der Waals surface area (Å²) in [6.45, 7) is 4.95. The first-order chi connectivity index (χ1) is 10.2. The highest BCUT2D eigenvalue weighted by Gasteiger charge is 2.10. The molecular weight excluding hydrogens is 263 g/mol. The van der Waals surface area contributed by atoms with Crippen LogP contribution in [-0.2, 0) is 13.1 Å². The lowest BCUT2D eigenvalue weighted by Gasteiger charge is -2.23. The maximum atomic E-state index is 13.9. The first-order valence-electron chi connectivity index (χ1n) is 7.40. The topological polar surface area (TPSA) is 29.3 Å². The minimum atomic E-state index is -0.133. The van der Waals surface area contributed by atoms with E-state index in [0.29, 0.717) is 13.1 Å². The van der Waals surface area contributed by atoms with Gasteiger partial charge in [-0.2, -0.15) is 0 Å². The van der Waals surface area contributed by atoms with Crippen LogP contribution in [0, 0.1) is 12.7 Å². The lowest BCUT2D eigenvalue weighted by molar-refractivity contribution is 0.251. The second-order valence-corrected chi connectivity index (χ2v) is 5.43. The van der Waals surface area contributed by atoms with Crippen molar-refractivity contribution in [2.24, 2.45) is 5.73 Å². The summed E-state index contributed by atoms with van der Waals surface area (Å²) in [5.74, 6) is -0.133. The van der Waals surface area contributed by atoms with Crippen LogP contribution in [0.2, 0.25) is 0 Å². The molecule has 0 saturated carbocycles. The average molecular weight is 286 g/mol. The molecule has 112 valence electrons. The largest absolute Gasteiger partial charge is 0.330 e. The van der Waals surface area contributed by atoms with E-state index in [-0.39, 0.29) is 5.82 Å². The Labute approximate surface area is 126 Å². The molecule has 21 heavy (non-hydrogen) atoms. The average Bonchev–Trinajstić information content (AvgIpc) is 2.49. The van der Waals surface area contributed by atoms with E-state index in [1.54, 1.807) is 12.1 Å². The molecule has 0 heterocycles. The monoisotopic (exact) mass is 286 g/mol. The second kappa shape index (κ2) is 7.91. The first kappa shape index (κ1) is 15.7. The lowest BCUT2D eigenvalue weighted by Crippen LogP contribution is -2.26. The van der Waals surface area contributed by atoms with Crippen molar-refractivity contribution in [1.29, 1.82) is 0 Å². The Morgan fingerprint density at radius 1 is 1.05 bits per heavy atom. The summed E-state index contributed by atoms with van der Waals surface area (Å²) in [6, 6.07) is 15.6. The lowest BCUT2D eigenvalue weighted by atomic mass is 10.1. The molecule has 0 aliphatic rings. The smallest absolute Gasteiger partial charge is 0.127 e. The Hall–Kier alpha value is -1.71. The molecule has 2 aromatic rings. The quantitative estimate of drug-likeness (QED) is 0.844. The summed E-state index contributed by atoms with van der Waals surface area (Å²) < 4.78 is 13.9. The highest BCUT2D eigenvalue weighted by atomic mass is 19.1. The van der Waals surface area contributed by atoms with Gasteiger partial charge < -0.3 is 5.73 Å². The van der Waals surface area contributed by atoms with E-state index in [4.69, 9.17) is 5.73 Å². The molecule has 0 atom stereocenters. The van der Waals surface area contributed by atoms with Gasteiger partial charge in [-0.15, -0.1) is 0 Å². The van der Waals surface area contributed by atoms with Gasteiger partial charge in [0.05, 0.1) is 0 Å². The number of hydrogen-bond acceptors (Lipinski definition) is 2. The fourth-order valence-electron chi connectivity index (χ4n) is 2.44. The third kappa shape index (κ3) is 4.96. The SMILES string of the molecule is Cc1ccc(F)c(CN(CCCN)Cc2ccccc2)c1. The van der Waals surface area contributed by atoms with E-state index in [9.17, 15) is 4.39 Å². The van der Waals surface area contributed by atoms with Crippen molar-refractivity contribution in [1.82, 2.24) is 4.90 Å². The molecule has 0 radical (unpaired) electrons. The van der Waals surface area contributed by atoms with Crippen LogP contribution < -0.4 is 5.73 Å². The van der Waals surface area contributed by atoms with Crippen LogP contribution >= 0.6 is 0 Å². The fraction of sp³-hybridized carbons (Fsp3) is 0.333. The number of rotatable bonds is 7. The van der Waals surface area contributed by atoms with Crippen LogP contribution in [-0.4, -0.2) is 18.0 Å². The van der Waals surface area contributed by atoms with Crippen LogP contribution in [0.4, 0.5) is 4.39 Å². The molecule has 0 aromatic heterocycles. The van der Waals surface area contributed by atoms with Crippen molar-refractivity contribution < 1.29 is 4.39 Å². The predicted octanol–water partition coefficient (Wildman–Crippen LogP) is 3.49. The van der Waals surface area contributed by atoms with Gasteiger partial charge in [0.15, 0.2) is 0 Å². The van der Waals surface area contributed by atoms with Gasteiger partial charge in [0, 0.05) is 25.2 Å². The molecule has 2 aromatic carbocycles. The van der Waals surface area contributed by atoms with Crippen molar-refractivity contribution >= 4 is 0 Å². The third-order valence-electron chi connectivity index (χ3n) is 3.52. The van der Waals surface area contributed by atoms with Crippen LogP contribution in [0.5, 0.6) is 0 Å². The Kier molecular flexibility index (Phi) is 5.90. The van der Waals surface area contributed by atoms with E-state index in [1.807, 2.05) is 31.2 Å². The van der Waals surface area contributed by atoms with E-state index < -0.39 is 0 Å². The number of halogens is 1. The van der Waals surface area contributed by atoms with Crippen LogP contribution in [0.3, 0.4) is 0 Å². The summed E-state index contributed by atoms with van der Waals surface area (Å²) in [7, 11) is 0. The van der Waals surface area contributed by atoms with Crippen molar-refractivity contribution in [3.8, 4) is 0 Å². The Morgan fingerprint density at radius 2 is 1.81 bits per heavy atom. The number of nitrogens with two attached hydrogens (primary N) is 1. The molecule has 0 unspecified atom stereocenters. The Morgan fingerprint density at radius 3 is 2.52 bits per heavy atom. The molecule has 2 rings (SSSR count). The molecule has 0 spiro atoms. The van der Waals surface area contributed by atoms with E-state index in [2.05, 4.69) is 17.0 Å². The highest BCUT2D eigenvalue weighted by Crippen LogP contribution is 2.15. The Balaban J connectivity index is 2.10. The number of aryl methyl sites for hydroxylation is 1. The number of hydrogen-bond donors (Lipinski definition) is 1. The minimum absolute atomic E-state index is 0.133. The second-order valence-electron chi connectivity index (χ2n) is 5.43. The predicted molar refractivity (Wildman–Crippen MR) is 85.4 cm³/mol. The van der Waals surface area contributed by atoms with Gasteiger partial charge in [-0.1, -0.05) is 48.0 Å². The zero-order valence-electron chi connectivity index (χ0n) is 12.6. The molecule has 0 aliphatic heterocycles. The molecule has 2 N–H and O–H groups in total. The minimum Gasteiger partial charge on any atom is -0.330 e. The van der Waals surface area contributed by atoms with Gasteiger partial charge in [0.25, 0.3) is 0 Å². The molecule has 3 heteroatoms. The van der Waals surface area contributed by atoms with Crippen molar-refractivity contribution in [3.05, 3.63) is 71.0 Å². The third-order valence-corrected chi connectivity index (χ3v) is 3.52. The van der Waals surface area contributed by atoms with Gasteiger partial charge in [0.1, 0.15) is 5.82 Å². The molecule has 0 aliphatic carbocycles. The number of nitrogens with zero attached hydrogens (tertiary/aromatic N) is 1. The summed E-state index contributed by atoms with van der Waals surface area (Å²) in [6.07, 6.45) is 0.917. The zero-order chi connectivity index (χ0) is 15.1.